The fourth-order valence-corrected chi connectivity index (χ4v) is 1.36. The maximum absolute atomic E-state index is 12.7. The molecule has 0 radical (unpaired) electrons. The van der Waals surface area contributed by atoms with E-state index in [1.807, 2.05) is 0 Å². The van der Waals surface area contributed by atoms with E-state index < -0.39 is 0 Å². The molecule has 1 unspecified atom stereocenters. The number of aromatic nitrogens is 2. The van der Waals surface area contributed by atoms with Crippen molar-refractivity contribution >= 4 is 11.6 Å². The number of nitrogens with zero attached hydrogens (tertiary/aromatic N) is 2. The second-order valence-electron chi connectivity index (χ2n) is 3.45. The number of halogens is 2. The summed E-state index contributed by atoms with van der Waals surface area (Å²) in [4.78, 5) is 0. The molecule has 0 spiro atoms. The predicted molar refractivity (Wildman–Crippen MR) is 57.8 cm³/mol. The lowest BCUT2D eigenvalue weighted by atomic mass is 10.1. The van der Waals surface area contributed by atoms with Crippen molar-refractivity contribution in [1.29, 1.82) is 0 Å². The quantitative estimate of drug-likeness (QED) is 0.774. The van der Waals surface area contributed by atoms with Crippen molar-refractivity contribution in [3.8, 4) is 0 Å². The average molecular weight is 241 g/mol. The van der Waals surface area contributed by atoms with Crippen molar-refractivity contribution in [2.45, 2.75) is 18.7 Å². The summed E-state index contributed by atoms with van der Waals surface area (Å²) in [7, 11) is 0. The van der Waals surface area contributed by atoms with E-state index in [1.165, 1.54) is 12.1 Å². The molecular weight excluding hydrogens is 231 g/mol. The topological polar surface area (TPSA) is 38.9 Å². The van der Waals surface area contributed by atoms with Crippen LogP contribution >= 0.6 is 11.6 Å². The van der Waals surface area contributed by atoms with Crippen molar-refractivity contribution in [1.82, 2.24) is 10.2 Å². The molecule has 2 aromatic rings. The normalized spacial score (nSPS) is 12.7. The predicted octanol–water partition coefficient (Wildman–Crippen LogP) is 3.10. The Morgan fingerprint density at radius 3 is 2.56 bits per heavy atom. The number of hydrogen-bond acceptors (Lipinski definition) is 3. The van der Waals surface area contributed by atoms with E-state index in [-0.39, 0.29) is 11.2 Å². The van der Waals surface area contributed by atoms with E-state index in [0.29, 0.717) is 18.2 Å². The highest BCUT2D eigenvalue weighted by atomic mass is 35.5. The van der Waals surface area contributed by atoms with Crippen LogP contribution in [0.5, 0.6) is 0 Å². The maximum atomic E-state index is 12.7. The number of hydrogen-bond donors (Lipinski definition) is 0. The van der Waals surface area contributed by atoms with Gasteiger partial charge in [0.25, 0.3) is 0 Å². The average Bonchev–Trinajstić information content (AvgIpc) is 2.70. The number of rotatable bonds is 3. The smallest absolute Gasteiger partial charge is 0.234 e. The first kappa shape index (κ1) is 11.1. The summed E-state index contributed by atoms with van der Waals surface area (Å²) in [6, 6.07) is 6.17. The summed E-state index contributed by atoms with van der Waals surface area (Å²) < 4.78 is 18.0. The zero-order valence-electron chi connectivity index (χ0n) is 8.65. The van der Waals surface area contributed by atoms with Crippen LogP contribution in [-0.4, -0.2) is 10.2 Å². The van der Waals surface area contributed by atoms with Crippen LogP contribution < -0.4 is 0 Å². The lowest BCUT2D eigenvalue weighted by Gasteiger charge is -1.96. The fraction of sp³-hybridized carbons (Fsp3) is 0.273. The zero-order valence-corrected chi connectivity index (χ0v) is 9.41. The lowest BCUT2D eigenvalue weighted by Crippen LogP contribution is -1.88. The molecule has 0 saturated carbocycles. The highest BCUT2D eigenvalue weighted by Crippen LogP contribution is 2.18. The third kappa shape index (κ3) is 2.58. The molecule has 0 N–H and O–H groups in total. The molecule has 0 amide bonds. The van der Waals surface area contributed by atoms with Gasteiger partial charge in [0.15, 0.2) is 0 Å². The Labute approximate surface area is 97.3 Å². The minimum atomic E-state index is -0.297. The van der Waals surface area contributed by atoms with Crippen molar-refractivity contribution in [2.75, 3.05) is 0 Å². The molecule has 0 saturated heterocycles. The molecule has 1 atom stereocenters. The van der Waals surface area contributed by atoms with Crippen molar-refractivity contribution in [3.05, 3.63) is 47.4 Å². The largest absolute Gasteiger partial charge is 0.423 e. The first-order chi connectivity index (χ1) is 7.65. The lowest BCUT2D eigenvalue weighted by molar-refractivity contribution is 0.458. The van der Waals surface area contributed by atoms with Crippen molar-refractivity contribution < 1.29 is 8.81 Å². The second kappa shape index (κ2) is 4.61. The molecule has 2 rings (SSSR count). The molecular formula is C11H10ClFN2O. The molecule has 0 aliphatic rings. The van der Waals surface area contributed by atoms with Crippen LogP contribution in [0.15, 0.2) is 28.7 Å². The minimum Gasteiger partial charge on any atom is -0.423 e. The standard InChI is InChI=1S/C11H10ClFN2O/c1-7(12)11-15-14-10(16-11)6-8-2-4-9(13)5-3-8/h2-5,7H,6H2,1H3. The van der Waals surface area contributed by atoms with E-state index in [4.69, 9.17) is 16.0 Å². The Hall–Kier alpha value is -1.42. The summed E-state index contributed by atoms with van der Waals surface area (Å²) in [5.74, 6) is 0.622. The third-order valence-corrected chi connectivity index (χ3v) is 2.28. The Balaban J connectivity index is 2.11. The molecule has 5 heteroatoms. The SMILES string of the molecule is CC(Cl)c1nnc(Cc2ccc(F)cc2)o1. The van der Waals surface area contributed by atoms with E-state index >= 15 is 0 Å². The Bertz CT molecular complexity index is 467. The van der Waals surface area contributed by atoms with E-state index in [1.54, 1.807) is 19.1 Å². The van der Waals surface area contributed by atoms with Gasteiger partial charge >= 0.3 is 0 Å². The van der Waals surface area contributed by atoms with Crippen LogP contribution in [0.25, 0.3) is 0 Å². The monoisotopic (exact) mass is 240 g/mol. The van der Waals surface area contributed by atoms with E-state index in [9.17, 15) is 4.39 Å². The van der Waals surface area contributed by atoms with Gasteiger partial charge in [0.2, 0.25) is 11.8 Å². The van der Waals surface area contributed by atoms with Crippen molar-refractivity contribution in [2.24, 2.45) is 0 Å². The fourth-order valence-electron chi connectivity index (χ4n) is 1.28. The van der Waals surface area contributed by atoms with Gasteiger partial charge in [0.1, 0.15) is 11.2 Å². The number of alkyl halides is 1. The third-order valence-electron chi connectivity index (χ3n) is 2.09. The number of benzene rings is 1. The summed E-state index contributed by atoms with van der Waals surface area (Å²) in [5.41, 5.74) is 0.916. The van der Waals surface area contributed by atoms with Gasteiger partial charge in [0.05, 0.1) is 6.42 Å². The van der Waals surface area contributed by atoms with Gasteiger partial charge in [-0.1, -0.05) is 12.1 Å². The molecule has 1 aromatic carbocycles. The van der Waals surface area contributed by atoms with Crippen LogP contribution in [0, 0.1) is 5.82 Å². The first-order valence-electron chi connectivity index (χ1n) is 4.86. The molecule has 3 nitrogen and oxygen atoms in total. The molecule has 0 bridgehead atoms. The van der Waals surface area contributed by atoms with Gasteiger partial charge < -0.3 is 4.42 Å². The van der Waals surface area contributed by atoms with Gasteiger partial charge in [-0.25, -0.2) is 4.39 Å². The van der Waals surface area contributed by atoms with Gasteiger partial charge in [-0.05, 0) is 24.6 Å². The molecule has 0 aliphatic carbocycles. The summed E-state index contributed by atoms with van der Waals surface area (Å²) >= 11 is 5.79. The van der Waals surface area contributed by atoms with Crippen LogP contribution in [0.2, 0.25) is 0 Å². The van der Waals surface area contributed by atoms with Crippen LogP contribution in [0.1, 0.15) is 29.6 Å². The summed E-state index contributed by atoms with van der Waals surface area (Å²) in [5, 5.41) is 7.37. The highest BCUT2D eigenvalue weighted by molar-refractivity contribution is 6.20. The Kier molecular flexibility index (Phi) is 3.19. The molecule has 1 heterocycles. The van der Waals surface area contributed by atoms with Crippen LogP contribution in [0.4, 0.5) is 4.39 Å². The van der Waals surface area contributed by atoms with Crippen LogP contribution in [-0.2, 0) is 6.42 Å². The van der Waals surface area contributed by atoms with Crippen molar-refractivity contribution in [3.63, 3.8) is 0 Å². The Morgan fingerprint density at radius 2 is 2.00 bits per heavy atom. The van der Waals surface area contributed by atoms with Gasteiger partial charge in [0, 0.05) is 0 Å². The second-order valence-corrected chi connectivity index (χ2v) is 4.11. The van der Waals surface area contributed by atoms with Crippen LogP contribution in [0.3, 0.4) is 0 Å². The minimum absolute atomic E-state index is 0.260. The summed E-state index contributed by atoms with van der Waals surface area (Å²) in [6.45, 7) is 1.76. The molecule has 0 aliphatic heterocycles. The van der Waals surface area contributed by atoms with E-state index in [0.717, 1.165) is 5.56 Å². The van der Waals surface area contributed by atoms with Gasteiger partial charge in [-0.3, -0.25) is 0 Å². The summed E-state index contributed by atoms with van der Waals surface area (Å²) in [6.07, 6.45) is 0.483. The van der Waals surface area contributed by atoms with Gasteiger partial charge in [-0.15, -0.1) is 21.8 Å². The molecule has 0 fully saturated rings. The molecule has 1 aromatic heterocycles. The highest BCUT2D eigenvalue weighted by Gasteiger charge is 2.11. The van der Waals surface area contributed by atoms with Gasteiger partial charge in [-0.2, -0.15) is 0 Å². The maximum Gasteiger partial charge on any atom is 0.234 e. The first-order valence-corrected chi connectivity index (χ1v) is 5.29. The van der Waals surface area contributed by atoms with E-state index in [2.05, 4.69) is 10.2 Å². The molecule has 84 valence electrons. The molecule has 16 heavy (non-hydrogen) atoms. The zero-order chi connectivity index (χ0) is 11.5. The Morgan fingerprint density at radius 1 is 1.31 bits per heavy atom.